The Morgan fingerprint density at radius 3 is 2.64 bits per heavy atom. The van der Waals surface area contributed by atoms with Crippen LogP contribution in [0.2, 0.25) is 0 Å². The number of para-hydroxylation sites is 1. The summed E-state index contributed by atoms with van der Waals surface area (Å²) < 4.78 is 46.2. The number of halogens is 1. The highest BCUT2D eigenvalue weighted by molar-refractivity contribution is 7.90. The van der Waals surface area contributed by atoms with Gasteiger partial charge >= 0.3 is 0 Å². The number of nitrogens with zero attached hydrogens (tertiary/aromatic N) is 1. The van der Waals surface area contributed by atoms with Gasteiger partial charge in [-0.1, -0.05) is 12.1 Å². The molecule has 2 N–H and O–H groups in total. The highest BCUT2D eigenvalue weighted by atomic mass is 32.2. The number of hydrogen-bond acceptors (Lipinski definition) is 5. The van der Waals surface area contributed by atoms with E-state index >= 15 is 0 Å². The van der Waals surface area contributed by atoms with Crippen LogP contribution in [0.25, 0.3) is 0 Å². The second-order valence-electron chi connectivity index (χ2n) is 5.48. The van der Waals surface area contributed by atoms with Gasteiger partial charge in [0, 0.05) is 19.8 Å². The molecule has 0 saturated heterocycles. The van der Waals surface area contributed by atoms with Gasteiger partial charge in [-0.3, -0.25) is 4.99 Å². The molecule has 142 valence electrons. The van der Waals surface area contributed by atoms with Crippen molar-refractivity contribution < 1.29 is 22.3 Å². The zero-order chi connectivity index (χ0) is 18.7. The van der Waals surface area contributed by atoms with E-state index < -0.39 is 15.7 Å². The first kappa shape index (κ1) is 21.2. The van der Waals surface area contributed by atoms with Crippen LogP contribution in [0.3, 0.4) is 0 Å². The van der Waals surface area contributed by atoms with Crippen LogP contribution in [0, 0.1) is 5.82 Å². The molecule has 0 bridgehead atoms. The molecule has 0 aliphatic carbocycles. The third-order valence-corrected chi connectivity index (χ3v) is 3.99. The molecule has 1 aromatic rings. The number of guanidine groups is 1. The van der Waals surface area contributed by atoms with Gasteiger partial charge in [-0.2, -0.15) is 0 Å². The monoisotopic (exact) mass is 375 g/mol. The molecular formula is C16H26FN3O4S. The van der Waals surface area contributed by atoms with E-state index in [0.29, 0.717) is 25.7 Å². The molecular weight excluding hydrogens is 349 g/mol. The van der Waals surface area contributed by atoms with Crippen molar-refractivity contribution in [1.29, 1.82) is 0 Å². The van der Waals surface area contributed by atoms with Gasteiger partial charge in [-0.05, 0) is 19.1 Å². The number of sulfone groups is 1. The van der Waals surface area contributed by atoms with Crippen LogP contribution in [0.5, 0.6) is 5.75 Å². The molecule has 1 unspecified atom stereocenters. The topological polar surface area (TPSA) is 89.0 Å². The number of nitrogens with one attached hydrogen (secondary N) is 2. The van der Waals surface area contributed by atoms with Crippen LogP contribution >= 0.6 is 0 Å². The number of benzene rings is 1. The second-order valence-corrected chi connectivity index (χ2v) is 7.74. The van der Waals surface area contributed by atoms with Crippen molar-refractivity contribution in [1.82, 2.24) is 10.6 Å². The van der Waals surface area contributed by atoms with Crippen LogP contribution in [0.1, 0.15) is 6.92 Å². The minimum Gasteiger partial charge on any atom is -0.486 e. The zero-order valence-corrected chi connectivity index (χ0v) is 15.6. The Morgan fingerprint density at radius 2 is 2.00 bits per heavy atom. The van der Waals surface area contributed by atoms with Gasteiger partial charge in [-0.25, -0.2) is 12.8 Å². The fourth-order valence-electron chi connectivity index (χ4n) is 1.81. The zero-order valence-electron chi connectivity index (χ0n) is 14.8. The normalized spacial score (nSPS) is 13.4. The molecule has 0 fully saturated rings. The maximum absolute atomic E-state index is 13.5. The predicted molar refractivity (Wildman–Crippen MR) is 96.4 cm³/mol. The molecule has 0 aliphatic rings. The van der Waals surface area contributed by atoms with Gasteiger partial charge in [0.25, 0.3) is 0 Å². The van der Waals surface area contributed by atoms with Crippen molar-refractivity contribution in [2.75, 3.05) is 45.4 Å². The van der Waals surface area contributed by atoms with E-state index in [4.69, 9.17) is 9.47 Å². The fourth-order valence-corrected chi connectivity index (χ4v) is 2.23. The lowest BCUT2D eigenvalue weighted by atomic mass is 10.3. The lowest BCUT2D eigenvalue weighted by molar-refractivity contribution is 0.154. The van der Waals surface area contributed by atoms with Crippen LogP contribution in [0.4, 0.5) is 4.39 Å². The molecule has 0 heterocycles. The molecule has 0 aliphatic heterocycles. The van der Waals surface area contributed by atoms with Crippen molar-refractivity contribution in [3.8, 4) is 5.75 Å². The summed E-state index contributed by atoms with van der Waals surface area (Å²) >= 11 is 0. The third kappa shape index (κ3) is 9.88. The van der Waals surface area contributed by atoms with Crippen LogP contribution in [-0.4, -0.2) is 65.8 Å². The molecule has 9 heteroatoms. The maximum Gasteiger partial charge on any atom is 0.191 e. The van der Waals surface area contributed by atoms with Gasteiger partial charge < -0.3 is 20.1 Å². The summed E-state index contributed by atoms with van der Waals surface area (Å²) in [5.41, 5.74) is 0. The summed E-state index contributed by atoms with van der Waals surface area (Å²) in [6, 6.07) is 6.24. The molecule has 0 saturated carbocycles. The van der Waals surface area contributed by atoms with Crippen LogP contribution in [-0.2, 0) is 14.6 Å². The van der Waals surface area contributed by atoms with Gasteiger partial charge in [-0.15, -0.1) is 0 Å². The van der Waals surface area contributed by atoms with Crippen molar-refractivity contribution in [2.45, 2.75) is 13.0 Å². The first-order chi connectivity index (χ1) is 11.8. The molecule has 7 nitrogen and oxygen atoms in total. The van der Waals surface area contributed by atoms with Gasteiger partial charge in [0.2, 0.25) is 0 Å². The van der Waals surface area contributed by atoms with Crippen LogP contribution in [0.15, 0.2) is 29.3 Å². The number of aliphatic imine (C=N–C) groups is 1. The standard InChI is InChI=1S/C16H26FN3O4S/c1-13(24-15-7-5-4-6-14(15)17)12-20-16(18-2)19-8-9-23-10-11-25(3,21)22/h4-7,13H,8-12H2,1-3H3,(H2,18,19,20). The largest absolute Gasteiger partial charge is 0.486 e. The Morgan fingerprint density at radius 1 is 1.28 bits per heavy atom. The Bertz CT molecular complexity index is 653. The number of ether oxygens (including phenoxy) is 2. The van der Waals surface area contributed by atoms with Crippen molar-refractivity contribution in [3.05, 3.63) is 30.1 Å². The first-order valence-electron chi connectivity index (χ1n) is 7.93. The average molecular weight is 375 g/mol. The van der Waals surface area contributed by atoms with E-state index in [2.05, 4.69) is 15.6 Å². The van der Waals surface area contributed by atoms with E-state index in [9.17, 15) is 12.8 Å². The molecule has 1 atom stereocenters. The molecule has 0 radical (unpaired) electrons. The molecule has 1 aromatic carbocycles. The van der Waals surface area contributed by atoms with Crippen molar-refractivity contribution >= 4 is 15.8 Å². The highest BCUT2D eigenvalue weighted by Crippen LogP contribution is 2.16. The van der Waals surface area contributed by atoms with E-state index in [1.807, 2.05) is 6.92 Å². The minimum atomic E-state index is -3.00. The second kappa shape index (κ2) is 10.9. The van der Waals surface area contributed by atoms with E-state index in [0.717, 1.165) is 0 Å². The quantitative estimate of drug-likeness (QED) is 0.358. The summed E-state index contributed by atoms with van der Waals surface area (Å²) in [5.74, 6) is 0.364. The smallest absolute Gasteiger partial charge is 0.191 e. The van der Waals surface area contributed by atoms with Gasteiger partial charge in [0.15, 0.2) is 17.5 Å². The van der Waals surface area contributed by atoms with Gasteiger partial charge in [0.1, 0.15) is 15.9 Å². The lowest BCUT2D eigenvalue weighted by Gasteiger charge is -2.18. The molecule has 0 spiro atoms. The molecule has 1 rings (SSSR count). The predicted octanol–water partition coefficient (Wildman–Crippen LogP) is 0.819. The third-order valence-electron chi connectivity index (χ3n) is 3.08. The Labute approximate surface area is 148 Å². The van der Waals surface area contributed by atoms with Gasteiger partial charge in [0.05, 0.1) is 25.5 Å². The highest BCUT2D eigenvalue weighted by Gasteiger charge is 2.08. The Kier molecular flexibility index (Phi) is 9.22. The summed E-state index contributed by atoms with van der Waals surface area (Å²) in [4.78, 5) is 4.06. The van der Waals surface area contributed by atoms with E-state index in [1.165, 1.54) is 12.3 Å². The number of hydrogen-bond donors (Lipinski definition) is 2. The fraction of sp³-hybridized carbons (Fsp3) is 0.562. The number of rotatable bonds is 10. The molecule has 0 amide bonds. The Balaban J connectivity index is 2.22. The van der Waals surface area contributed by atoms with E-state index in [-0.39, 0.29) is 24.2 Å². The summed E-state index contributed by atoms with van der Waals surface area (Å²) in [6.45, 7) is 3.26. The van der Waals surface area contributed by atoms with Crippen molar-refractivity contribution in [2.24, 2.45) is 4.99 Å². The summed E-state index contributed by atoms with van der Waals surface area (Å²) in [7, 11) is -1.37. The average Bonchev–Trinajstić information content (AvgIpc) is 2.54. The molecule has 25 heavy (non-hydrogen) atoms. The minimum absolute atomic E-state index is 0.00483. The van der Waals surface area contributed by atoms with E-state index in [1.54, 1.807) is 25.2 Å². The van der Waals surface area contributed by atoms with Crippen LogP contribution < -0.4 is 15.4 Å². The summed E-state index contributed by atoms with van der Waals surface area (Å²) in [5, 5.41) is 6.10. The summed E-state index contributed by atoms with van der Waals surface area (Å²) in [6.07, 6.45) is 0.909. The maximum atomic E-state index is 13.5. The lowest BCUT2D eigenvalue weighted by Crippen LogP contribution is -2.43. The van der Waals surface area contributed by atoms with Crippen molar-refractivity contribution in [3.63, 3.8) is 0 Å². The first-order valence-corrected chi connectivity index (χ1v) is 9.99. The molecule has 0 aromatic heterocycles. The SMILES string of the molecule is CN=C(NCCOCCS(C)(=O)=O)NCC(C)Oc1ccccc1F. The Hall–Kier alpha value is -1.87.